The van der Waals surface area contributed by atoms with Crippen LogP contribution in [0.4, 0.5) is 5.69 Å². The number of aryl methyl sites for hydroxylation is 1. The van der Waals surface area contributed by atoms with Crippen LogP contribution in [-0.2, 0) is 11.8 Å². The van der Waals surface area contributed by atoms with E-state index in [1.165, 1.54) is 5.56 Å². The molecule has 158 valence electrons. The Hall–Kier alpha value is -2.18. The van der Waals surface area contributed by atoms with Gasteiger partial charge in [-0.2, -0.15) is 5.10 Å². The molecular weight excluding hydrogens is 364 g/mol. The minimum Gasteiger partial charge on any atom is -0.370 e. The predicted octanol–water partition coefficient (Wildman–Crippen LogP) is 4.26. The van der Waals surface area contributed by atoms with Crippen LogP contribution in [0.3, 0.4) is 0 Å². The van der Waals surface area contributed by atoms with Gasteiger partial charge >= 0.3 is 0 Å². The molecule has 1 aliphatic rings. The van der Waals surface area contributed by atoms with E-state index in [-0.39, 0.29) is 18.1 Å². The van der Waals surface area contributed by atoms with Gasteiger partial charge in [0.15, 0.2) is 0 Å². The second kappa shape index (κ2) is 9.55. The third kappa shape index (κ3) is 5.06. The molecule has 0 radical (unpaired) electrons. The van der Waals surface area contributed by atoms with Crippen molar-refractivity contribution in [1.82, 2.24) is 14.7 Å². The lowest BCUT2D eigenvalue weighted by Gasteiger charge is -2.42. The molecule has 6 heteroatoms. The Morgan fingerprint density at radius 1 is 1.21 bits per heavy atom. The molecule has 1 aromatic heterocycles. The van der Waals surface area contributed by atoms with Crippen LogP contribution in [0.1, 0.15) is 62.7 Å². The lowest BCUT2D eigenvalue weighted by Crippen LogP contribution is -2.44. The van der Waals surface area contributed by atoms with Crippen LogP contribution in [0.15, 0.2) is 36.5 Å². The number of aromatic nitrogens is 2. The van der Waals surface area contributed by atoms with Gasteiger partial charge in [-0.3, -0.25) is 9.48 Å². The number of amides is 1. The summed E-state index contributed by atoms with van der Waals surface area (Å²) in [7, 11) is 1.76. The van der Waals surface area contributed by atoms with Crippen molar-refractivity contribution in [2.24, 2.45) is 13.0 Å². The highest BCUT2D eigenvalue weighted by atomic mass is 16.5. The number of anilines is 1. The maximum atomic E-state index is 12.4. The summed E-state index contributed by atoms with van der Waals surface area (Å²) in [6.07, 6.45) is 4.07. The molecule has 29 heavy (non-hydrogen) atoms. The van der Waals surface area contributed by atoms with Crippen molar-refractivity contribution in [3.63, 3.8) is 0 Å². The molecule has 1 amide bonds. The molecule has 0 bridgehead atoms. The largest absolute Gasteiger partial charge is 0.370 e. The minimum atomic E-state index is -0.159. The number of benzene rings is 1. The van der Waals surface area contributed by atoms with Crippen LogP contribution in [0.25, 0.3) is 0 Å². The predicted molar refractivity (Wildman–Crippen MR) is 116 cm³/mol. The first kappa shape index (κ1) is 21.5. The fourth-order valence-corrected chi connectivity index (χ4v) is 4.19. The first-order chi connectivity index (χ1) is 13.9. The summed E-state index contributed by atoms with van der Waals surface area (Å²) in [5, 5.41) is 6.99. The number of hydrogen-bond donors (Lipinski definition) is 1. The molecule has 1 aromatic carbocycles. The molecule has 0 unspecified atom stereocenters. The topological polar surface area (TPSA) is 59.4 Å². The molecular formula is C23H34N4O2. The molecule has 0 saturated carbocycles. The average molecular weight is 399 g/mol. The normalized spacial score (nSPS) is 22.2. The van der Waals surface area contributed by atoms with Gasteiger partial charge in [-0.15, -0.1) is 0 Å². The van der Waals surface area contributed by atoms with E-state index in [1.807, 2.05) is 12.1 Å². The number of nitrogens with one attached hydrogen (secondary N) is 1. The van der Waals surface area contributed by atoms with Gasteiger partial charge < -0.3 is 15.0 Å². The van der Waals surface area contributed by atoms with Crippen LogP contribution in [0, 0.1) is 5.92 Å². The number of nitrogens with zero attached hydrogens (tertiary/aromatic N) is 3. The van der Waals surface area contributed by atoms with Crippen molar-refractivity contribution >= 4 is 11.6 Å². The third-order valence-corrected chi connectivity index (χ3v) is 6.00. The van der Waals surface area contributed by atoms with Crippen molar-refractivity contribution in [2.45, 2.75) is 58.8 Å². The van der Waals surface area contributed by atoms with E-state index in [4.69, 9.17) is 4.74 Å². The Morgan fingerprint density at radius 3 is 2.45 bits per heavy atom. The lowest BCUT2D eigenvalue weighted by atomic mass is 9.89. The molecule has 6 nitrogen and oxygen atoms in total. The summed E-state index contributed by atoms with van der Waals surface area (Å²) in [5.41, 5.74) is 2.48. The quantitative estimate of drug-likeness (QED) is 0.757. The van der Waals surface area contributed by atoms with Gasteiger partial charge in [0.25, 0.3) is 5.91 Å². The van der Waals surface area contributed by atoms with Crippen molar-refractivity contribution < 1.29 is 9.53 Å². The van der Waals surface area contributed by atoms with E-state index in [9.17, 15) is 4.79 Å². The van der Waals surface area contributed by atoms with Gasteiger partial charge in [-0.05, 0) is 55.6 Å². The summed E-state index contributed by atoms with van der Waals surface area (Å²) in [6.45, 7) is 11.1. The second-order valence-corrected chi connectivity index (χ2v) is 8.17. The SMILES string of the molecule is CCN(CC)[C@H]1C[C@@H](c2ccc(NC(=O)c3ccnn3C)cc2)O[C@@H](C(C)C)C1. The number of hydrogen-bond acceptors (Lipinski definition) is 4. The molecule has 1 aliphatic heterocycles. The highest BCUT2D eigenvalue weighted by molar-refractivity contribution is 6.02. The van der Waals surface area contributed by atoms with Crippen molar-refractivity contribution in [3.05, 3.63) is 47.8 Å². The molecule has 1 N–H and O–H groups in total. The minimum absolute atomic E-state index is 0.0866. The van der Waals surface area contributed by atoms with E-state index < -0.39 is 0 Å². The van der Waals surface area contributed by atoms with Gasteiger partial charge in [0.05, 0.1) is 12.2 Å². The average Bonchev–Trinajstić information content (AvgIpc) is 3.15. The van der Waals surface area contributed by atoms with E-state index in [0.717, 1.165) is 31.6 Å². The zero-order valence-corrected chi connectivity index (χ0v) is 18.3. The molecule has 3 rings (SSSR count). The first-order valence-electron chi connectivity index (χ1n) is 10.7. The van der Waals surface area contributed by atoms with E-state index in [0.29, 0.717) is 17.7 Å². The summed E-state index contributed by atoms with van der Waals surface area (Å²) >= 11 is 0. The third-order valence-electron chi connectivity index (χ3n) is 6.00. The summed E-state index contributed by atoms with van der Waals surface area (Å²) in [4.78, 5) is 14.9. The fourth-order valence-electron chi connectivity index (χ4n) is 4.19. The Labute approximate surface area is 174 Å². The summed E-state index contributed by atoms with van der Waals surface area (Å²) < 4.78 is 8.04. The van der Waals surface area contributed by atoms with E-state index in [2.05, 4.69) is 55.1 Å². The number of ether oxygens (including phenoxy) is 1. The maximum Gasteiger partial charge on any atom is 0.273 e. The van der Waals surface area contributed by atoms with Crippen LogP contribution >= 0.6 is 0 Å². The molecule has 0 spiro atoms. The Balaban J connectivity index is 1.71. The van der Waals surface area contributed by atoms with Gasteiger partial charge in [0, 0.05) is 25.0 Å². The fraction of sp³-hybridized carbons (Fsp3) is 0.565. The lowest BCUT2D eigenvalue weighted by molar-refractivity contribution is -0.101. The maximum absolute atomic E-state index is 12.4. The molecule has 0 aliphatic carbocycles. The van der Waals surface area contributed by atoms with Gasteiger partial charge in [0.1, 0.15) is 5.69 Å². The van der Waals surface area contributed by atoms with Crippen molar-refractivity contribution in [1.29, 1.82) is 0 Å². The first-order valence-corrected chi connectivity index (χ1v) is 10.7. The Morgan fingerprint density at radius 2 is 1.90 bits per heavy atom. The molecule has 2 aromatic rings. The van der Waals surface area contributed by atoms with Crippen LogP contribution in [0.2, 0.25) is 0 Å². The Bertz CT molecular complexity index is 795. The summed E-state index contributed by atoms with van der Waals surface area (Å²) in [5.74, 6) is 0.335. The van der Waals surface area contributed by atoms with Gasteiger partial charge in [-0.1, -0.05) is 39.8 Å². The monoisotopic (exact) mass is 398 g/mol. The van der Waals surface area contributed by atoms with Crippen LogP contribution in [0.5, 0.6) is 0 Å². The molecule has 1 fully saturated rings. The molecule has 1 saturated heterocycles. The van der Waals surface area contributed by atoms with E-state index >= 15 is 0 Å². The number of rotatable bonds is 7. The van der Waals surface area contributed by atoms with Crippen LogP contribution in [-0.4, -0.2) is 45.8 Å². The molecule has 2 heterocycles. The molecule has 3 atom stereocenters. The van der Waals surface area contributed by atoms with Crippen molar-refractivity contribution in [3.8, 4) is 0 Å². The van der Waals surface area contributed by atoms with Gasteiger partial charge in [0.2, 0.25) is 0 Å². The Kier molecular flexibility index (Phi) is 7.09. The summed E-state index contributed by atoms with van der Waals surface area (Å²) in [6, 6.07) is 10.3. The second-order valence-electron chi connectivity index (χ2n) is 8.17. The highest BCUT2D eigenvalue weighted by Crippen LogP contribution is 2.36. The number of carbonyl (C=O) groups is 1. The number of carbonyl (C=O) groups excluding carboxylic acids is 1. The zero-order chi connectivity index (χ0) is 21.0. The van der Waals surface area contributed by atoms with Crippen molar-refractivity contribution in [2.75, 3.05) is 18.4 Å². The highest BCUT2D eigenvalue weighted by Gasteiger charge is 2.34. The van der Waals surface area contributed by atoms with Crippen LogP contribution < -0.4 is 5.32 Å². The van der Waals surface area contributed by atoms with Gasteiger partial charge in [-0.25, -0.2) is 0 Å². The standard InChI is InChI=1S/C23H34N4O2/c1-6-27(7-2)19-14-21(16(3)4)29-22(15-19)17-8-10-18(11-9-17)25-23(28)20-12-13-24-26(20)5/h8-13,16,19,21-22H,6-7,14-15H2,1-5H3,(H,25,28)/t19-,21-,22+/m1/s1. The zero-order valence-electron chi connectivity index (χ0n) is 18.3. The van der Waals surface area contributed by atoms with E-state index in [1.54, 1.807) is 24.0 Å². The smallest absolute Gasteiger partial charge is 0.273 e.